The van der Waals surface area contributed by atoms with E-state index in [0.717, 1.165) is 0 Å². The second-order valence-corrected chi connectivity index (χ2v) is 4.59. The van der Waals surface area contributed by atoms with Crippen molar-refractivity contribution in [3.63, 3.8) is 0 Å². The van der Waals surface area contributed by atoms with E-state index in [1.54, 1.807) is 0 Å². The van der Waals surface area contributed by atoms with Crippen LogP contribution < -0.4 is 10.6 Å². The molecular weight excluding hydrogens is 249 g/mol. The summed E-state index contributed by atoms with van der Waals surface area (Å²) in [5.74, 6) is -0.704. The third kappa shape index (κ3) is 6.80. The van der Waals surface area contributed by atoms with Crippen LogP contribution in [0.15, 0.2) is 0 Å². The maximum Gasteiger partial charge on any atom is 0.405 e. The quantitative estimate of drug-likeness (QED) is 0.651. The van der Waals surface area contributed by atoms with Crippen LogP contribution in [0.5, 0.6) is 0 Å². The van der Waals surface area contributed by atoms with Crippen LogP contribution in [0.25, 0.3) is 0 Å². The minimum Gasteiger partial charge on any atom is -0.396 e. The Balaban J connectivity index is 4.30. The lowest BCUT2D eigenvalue weighted by molar-refractivity contribution is -0.139. The lowest BCUT2D eigenvalue weighted by Crippen LogP contribution is -2.54. The molecule has 0 spiro atoms. The van der Waals surface area contributed by atoms with Crippen molar-refractivity contribution < 1.29 is 23.1 Å². The van der Waals surface area contributed by atoms with Crippen molar-refractivity contribution in [2.75, 3.05) is 13.2 Å². The minimum atomic E-state index is -4.41. The van der Waals surface area contributed by atoms with Crippen LogP contribution in [0, 0.1) is 0 Å². The summed E-state index contributed by atoms with van der Waals surface area (Å²) in [7, 11) is 0. The van der Waals surface area contributed by atoms with E-state index < -0.39 is 30.2 Å². The highest BCUT2D eigenvalue weighted by molar-refractivity contribution is 5.81. The predicted molar refractivity (Wildman–Crippen MR) is 62.1 cm³/mol. The van der Waals surface area contributed by atoms with Crippen molar-refractivity contribution in [3.8, 4) is 0 Å². The number of aliphatic hydroxyl groups excluding tert-OH is 1. The molecule has 2 unspecified atom stereocenters. The molecule has 0 saturated carbocycles. The number of nitrogens with one attached hydrogen (secondary N) is 2. The Morgan fingerprint density at radius 3 is 2.33 bits per heavy atom. The fourth-order valence-corrected chi connectivity index (χ4v) is 1.53. The van der Waals surface area contributed by atoms with Gasteiger partial charge in [0, 0.05) is 12.1 Å². The Bertz CT molecular complexity index is 272. The lowest BCUT2D eigenvalue weighted by Gasteiger charge is -2.32. The van der Waals surface area contributed by atoms with Gasteiger partial charge in [0.2, 0.25) is 5.91 Å². The van der Waals surface area contributed by atoms with Crippen LogP contribution in [-0.2, 0) is 4.79 Å². The summed E-state index contributed by atoms with van der Waals surface area (Å²) in [4.78, 5) is 11.5. The van der Waals surface area contributed by atoms with Crippen LogP contribution in [-0.4, -0.2) is 41.9 Å². The first-order valence-electron chi connectivity index (χ1n) is 5.86. The summed E-state index contributed by atoms with van der Waals surface area (Å²) in [6, 6.07) is -0.746. The number of hydrogen-bond donors (Lipinski definition) is 3. The molecule has 0 aromatic rings. The Labute approximate surface area is 105 Å². The summed E-state index contributed by atoms with van der Waals surface area (Å²) < 4.78 is 35.8. The second-order valence-electron chi connectivity index (χ2n) is 4.59. The molecule has 18 heavy (non-hydrogen) atoms. The van der Waals surface area contributed by atoms with Crippen LogP contribution >= 0.6 is 0 Å². The fraction of sp³-hybridized carbons (Fsp3) is 0.909. The van der Waals surface area contributed by atoms with Crippen molar-refractivity contribution in [3.05, 3.63) is 0 Å². The van der Waals surface area contributed by atoms with Crippen molar-refractivity contribution in [2.45, 2.75) is 51.4 Å². The second kappa shape index (κ2) is 6.94. The van der Waals surface area contributed by atoms with Gasteiger partial charge in [-0.05, 0) is 26.7 Å². The number of rotatable bonds is 7. The van der Waals surface area contributed by atoms with Gasteiger partial charge in [0.1, 0.15) is 6.54 Å². The largest absolute Gasteiger partial charge is 0.405 e. The zero-order valence-corrected chi connectivity index (χ0v) is 10.9. The molecule has 4 nitrogen and oxygen atoms in total. The first-order valence-corrected chi connectivity index (χ1v) is 5.86. The van der Waals surface area contributed by atoms with E-state index in [0.29, 0.717) is 12.8 Å². The number of carbonyl (C=O) groups is 1. The summed E-state index contributed by atoms with van der Waals surface area (Å²) in [5.41, 5.74) is -0.469. The van der Waals surface area contributed by atoms with E-state index >= 15 is 0 Å². The molecule has 1 amide bonds. The van der Waals surface area contributed by atoms with Gasteiger partial charge in [-0.3, -0.25) is 4.79 Å². The van der Waals surface area contributed by atoms with E-state index in [9.17, 15) is 18.0 Å². The third-order valence-electron chi connectivity index (χ3n) is 2.87. The molecule has 0 saturated heterocycles. The Morgan fingerprint density at radius 2 is 1.94 bits per heavy atom. The summed E-state index contributed by atoms with van der Waals surface area (Å²) in [6.45, 7) is 3.81. The van der Waals surface area contributed by atoms with Crippen molar-refractivity contribution in [1.82, 2.24) is 10.6 Å². The molecule has 0 heterocycles. The molecular formula is C11H21F3N2O2. The van der Waals surface area contributed by atoms with Crippen LogP contribution in [0.2, 0.25) is 0 Å². The Morgan fingerprint density at radius 1 is 1.39 bits per heavy atom. The first-order chi connectivity index (χ1) is 8.13. The highest BCUT2D eigenvalue weighted by atomic mass is 19.4. The SMILES string of the molecule is CCC(C)(CCO)NC(C)C(=O)NCC(F)(F)F. The van der Waals surface area contributed by atoms with Gasteiger partial charge >= 0.3 is 6.18 Å². The highest BCUT2D eigenvalue weighted by Gasteiger charge is 2.30. The zero-order valence-electron chi connectivity index (χ0n) is 10.9. The molecule has 0 bridgehead atoms. The molecule has 0 radical (unpaired) electrons. The Hall–Kier alpha value is -0.820. The average molecular weight is 270 g/mol. The van der Waals surface area contributed by atoms with Gasteiger partial charge in [-0.15, -0.1) is 0 Å². The van der Waals surface area contributed by atoms with Crippen molar-refractivity contribution in [2.24, 2.45) is 0 Å². The number of alkyl halides is 3. The summed E-state index contributed by atoms with van der Waals surface area (Å²) in [5, 5.41) is 13.7. The maximum atomic E-state index is 11.9. The number of carbonyl (C=O) groups excluding carboxylic acids is 1. The van der Waals surface area contributed by atoms with Crippen molar-refractivity contribution >= 4 is 5.91 Å². The predicted octanol–water partition coefficient (Wildman–Crippen LogP) is 1.19. The standard InChI is InChI=1S/C11H21F3N2O2/c1-4-10(3,5-6-17)16-8(2)9(18)15-7-11(12,13)14/h8,16-17H,4-7H2,1-3H3,(H,15,18). The summed E-state index contributed by atoms with van der Waals surface area (Å²) >= 11 is 0. The monoisotopic (exact) mass is 270 g/mol. The minimum absolute atomic E-state index is 0.0474. The van der Waals surface area contributed by atoms with E-state index in [-0.39, 0.29) is 6.61 Å². The molecule has 3 N–H and O–H groups in total. The summed E-state index contributed by atoms with van der Waals surface area (Å²) in [6.07, 6.45) is -3.32. The van der Waals surface area contributed by atoms with Gasteiger partial charge in [0.25, 0.3) is 0 Å². The molecule has 0 aromatic carbocycles. The zero-order chi connectivity index (χ0) is 14.4. The lowest BCUT2D eigenvalue weighted by atomic mass is 9.94. The maximum absolute atomic E-state index is 11.9. The van der Waals surface area contributed by atoms with Gasteiger partial charge in [-0.25, -0.2) is 0 Å². The molecule has 0 aliphatic rings. The molecule has 7 heteroatoms. The Kier molecular flexibility index (Phi) is 6.62. The fourth-order valence-electron chi connectivity index (χ4n) is 1.53. The number of halogens is 3. The smallest absolute Gasteiger partial charge is 0.396 e. The topological polar surface area (TPSA) is 61.4 Å². The van der Waals surface area contributed by atoms with Gasteiger partial charge < -0.3 is 15.7 Å². The molecule has 0 aliphatic heterocycles. The van der Waals surface area contributed by atoms with Crippen LogP contribution in [0.3, 0.4) is 0 Å². The average Bonchev–Trinajstić information content (AvgIpc) is 2.25. The molecule has 0 rings (SSSR count). The molecule has 0 aliphatic carbocycles. The highest BCUT2D eigenvalue weighted by Crippen LogP contribution is 2.15. The number of aliphatic hydroxyl groups is 1. The molecule has 0 fully saturated rings. The van der Waals surface area contributed by atoms with E-state index in [2.05, 4.69) is 5.32 Å². The molecule has 0 aromatic heterocycles. The van der Waals surface area contributed by atoms with E-state index in [1.807, 2.05) is 19.2 Å². The van der Waals surface area contributed by atoms with Gasteiger partial charge in [-0.2, -0.15) is 13.2 Å². The van der Waals surface area contributed by atoms with Crippen LogP contribution in [0.4, 0.5) is 13.2 Å². The van der Waals surface area contributed by atoms with Crippen LogP contribution in [0.1, 0.15) is 33.6 Å². The van der Waals surface area contributed by atoms with Crippen molar-refractivity contribution in [1.29, 1.82) is 0 Å². The number of amides is 1. The van der Waals surface area contributed by atoms with Gasteiger partial charge in [0.05, 0.1) is 6.04 Å². The normalized spacial score (nSPS) is 17.1. The van der Waals surface area contributed by atoms with E-state index in [4.69, 9.17) is 5.11 Å². The molecule has 2 atom stereocenters. The van der Waals surface area contributed by atoms with Gasteiger partial charge in [0.15, 0.2) is 0 Å². The first kappa shape index (κ1) is 17.2. The number of hydrogen-bond acceptors (Lipinski definition) is 3. The van der Waals surface area contributed by atoms with E-state index in [1.165, 1.54) is 6.92 Å². The molecule has 108 valence electrons. The van der Waals surface area contributed by atoms with Gasteiger partial charge in [-0.1, -0.05) is 6.92 Å². The third-order valence-corrected chi connectivity index (χ3v) is 2.87.